The van der Waals surface area contributed by atoms with Crippen LogP contribution in [0.2, 0.25) is 0 Å². The molecule has 2 aromatic heterocycles. The van der Waals surface area contributed by atoms with Crippen LogP contribution in [0.3, 0.4) is 0 Å². The standard InChI is InChI=1S/C54H34N2O/c1-2-11-40(12-3-1)56-51-16-8-6-14-46(51)50-33-38(24-31-52(50)56)35-20-25-41(26-21-35)55(42-28-30-45-39(32-42)19-18-36-10-4-5-13-44(36)45)43-27-22-37-23-29-48-47-15-7-9-17-53(47)57-54(48)49(37)34-43/h1-34H. The third kappa shape index (κ3) is 4.99. The van der Waals surface area contributed by atoms with E-state index >= 15 is 0 Å². The van der Waals surface area contributed by atoms with E-state index in [9.17, 15) is 0 Å². The number of aromatic nitrogens is 1. The van der Waals surface area contributed by atoms with Crippen molar-refractivity contribution in [2.45, 2.75) is 0 Å². The van der Waals surface area contributed by atoms with Gasteiger partial charge in [-0.1, -0.05) is 127 Å². The van der Waals surface area contributed by atoms with Crippen molar-refractivity contribution in [1.82, 2.24) is 4.57 Å². The lowest BCUT2D eigenvalue weighted by Crippen LogP contribution is -2.10. The normalized spacial score (nSPS) is 11.9. The summed E-state index contributed by atoms with van der Waals surface area (Å²) in [5.74, 6) is 0. The maximum atomic E-state index is 6.54. The predicted octanol–water partition coefficient (Wildman–Crippen LogP) is 15.3. The highest BCUT2D eigenvalue weighted by molar-refractivity contribution is 6.16. The third-order valence-electron chi connectivity index (χ3n) is 11.7. The minimum Gasteiger partial charge on any atom is -0.455 e. The molecular weight excluding hydrogens is 693 g/mol. The van der Waals surface area contributed by atoms with Crippen LogP contribution in [0, 0.1) is 0 Å². The van der Waals surface area contributed by atoms with Gasteiger partial charge in [-0.2, -0.15) is 0 Å². The Hall–Kier alpha value is -7.62. The molecule has 0 saturated carbocycles. The zero-order chi connectivity index (χ0) is 37.5. The van der Waals surface area contributed by atoms with Crippen LogP contribution in [0.15, 0.2) is 211 Å². The van der Waals surface area contributed by atoms with Gasteiger partial charge in [0.1, 0.15) is 11.2 Å². The molecule has 12 aromatic rings. The maximum absolute atomic E-state index is 6.54. The predicted molar refractivity (Wildman–Crippen MR) is 241 cm³/mol. The fourth-order valence-corrected chi connectivity index (χ4v) is 9.03. The first-order valence-electron chi connectivity index (χ1n) is 19.5. The Kier molecular flexibility index (Phi) is 6.93. The summed E-state index contributed by atoms with van der Waals surface area (Å²) in [5, 5.41) is 12.0. The van der Waals surface area contributed by atoms with Crippen molar-refractivity contribution in [3.05, 3.63) is 206 Å². The summed E-state index contributed by atoms with van der Waals surface area (Å²) in [6.07, 6.45) is 0. The van der Waals surface area contributed by atoms with Crippen LogP contribution in [0.1, 0.15) is 0 Å². The van der Waals surface area contributed by atoms with Crippen molar-refractivity contribution < 1.29 is 4.42 Å². The molecule has 0 fully saturated rings. The van der Waals surface area contributed by atoms with Gasteiger partial charge in [0.25, 0.3) is 0 Å². The first kappa shape index (κ1) is 31.7. The highest BCUT2D eigenvalue weighted by Gasteiger charge is 2.18. The van der Waals surface area contributed by atoms with E-state index in [1.807, 2.05) is 6.07 Å². The molecule has 0 saturated heterocycles. The monoisotopic (exact) mass is 726 g/mol. The Balaban J connectivity index is 1.01. The smallest absolute Gasteiger partial charge is 0.143 e. The third-order valence-corrected chi connectivity index (χ3v) is 11.7. The summed E-state index contributed by atoms with van der Waals surface area (Å²) < 4.78 is 8.90. The highest BCUT2D eigenvalue weighted by Crippen LogP contribution is 2.42. The van der Waals surface area contributed by atoms with Gasteiger partial charge in [0.05, 0.1) is 11.0 Å². The topological polar surface area (TPSA) is 21.3 Å². The largest absolute Gasteiger partial charge is 0.455 e. The molecule has 2 heterocycles. The van der Waals surface area contributed by atoms with Crippen LogP contribution in [-0.4, -0.2) is 4.57 Å². The Morgan fingerprint density at radius 1 is 0.333 bits per heavy atom. The number of furan rings is 1. The molecule has 57 heavy (non-hydrogen) atoms. The number of benzene rings is 10. The number of nitrogens with zero attached hydrogens (tertiary/aromatic N) is 2. The van der Waals surface area contributed by atoms with Crippen LogP contribution < -0.4 is 4.90 Å². The molecule has 0 aliphatic rings. The Bertz CT molecular complexity index is 3520. The number of hydrogen-bond donors (Lipinski definition) is 0. The van der Waals surface area contributed by atoms with Gasteiger partial charge >= 0.3 is 0 Å². The van der Waals surface area contributed by atoms with E-state index in [4.69, 9.17) is 4.42 Å². The van der Waals surface area contributed by atoms with E-state index in [2.05, 4.69) is 210 Å². The summed E-state index contributed by atoms with van der Waals surface area (Å²) >= 11 is 0. The Morgan fingerprint density at radius 3 is 1.82 bits per heavy atom. The summed E-state index contributed by atoms with van der Waals surface area (Å²) in [7, 11) is 0. The number of hydrogen-bond acceptors (Lipinski definition) is 2. The molecule has 0 bridgehead atoms. The average molecular weight is 727 g/mol. The van der Waals surface area contributed by atoms with Crippen molar-refractivity contribution in [1.29, 1.82) is 0 Å². The SMILES string of the molecule is c1ccc(-n2c3ccccc3c3cc(-c4ccc(N(c5ccc6c(ccc7ccccc76)c5)c5ccc6ccc7c8ccccc8oc7c6c5)cc4)ccc32)cc1. The lowest BCUT2D eigenvalue weighted by Gasteiger charge is -2.26. The van der Waals surface area contributed by atoms with Gasteiger partial charge < -0.3 is 13.9 Å². The summed E-state index contributed by atoms with van der Waals surface area (Å²) in [4.78, 5) is 2.37. The Morgan fingerprint density at radius 2 is 0.930 bits per heavy atom. The summed E-state index contributed by atoms with van der Waals surface area (Å²) in [6, 6.07) is 74.6. The van der Waals surface area contributed by atoms with Gasteiger partial charge in [-0.25, -0.2) is 0 Å². The molecule has 0 unspecified atom stereocenters. The molecule has 3 heteroatoms. The second-order valence-corrected chi connectivity index (χ2v) is 14.9. The molecular formula is C54H34N2O. The van der Waals surface area contributed by atoms with E-state index < -0.39 is 0 Å². The molecule has 0 amide bonds. The summed E-state index contributed by atoms with van der Waals surface area (Å²) in [6.45, 7) is 0. The molecule has 266 valence electrons. The lowest BCUT2D eigenvalue weighted by atomic mass is 10.00. The van der Waals surface area contributed by atoms with Gasteiger partial charge in [0, 0.05) is 49.7 Å². The minimum atomic E-state index is 0.905. The first-order valence-corrected chi connectivity index (χ1v) is 19.5. The van der Waals surface area contributed by atoms with Gasteiger partial charge in [0.15, 0.2) is 0 Å². The number of para-hydroxylation sites is 3. The number of fused-ring (bicyclic) bond motifs is 11. The van der Waals surface area contributed by atoms with Crippen LogP contribution in [0.5, 0.6) is 0 Å². The maximum Gasteiger partial charge on any atom is 0.143 e. The number of anilines is 3. The fourth-order valence-electron chi connectivity index (χ4n) is 9.03. The van der Waals surface area contributed by atoms with Crippen LogP contribution in [0.4, 0.5) is 17.1 Å². The van der Waals surface area contributed by atoms with Crippen LogP contribution >= 0.6 is 0 Å². The van der Waals surface area contributed by atoms with Crippen molar-refractivity contribution in [3.63, 3.8) is 0 Å². The molecule has 0 aliphatic heterocycles. The minimum absolute atomic E-state index is 0.905. The quantitative estimate of drug-likeness (QED) is 0.165. The van der Waals surface area contributed by atoms with E-state index in [1.54, 1.807) is 0 Å². The molecule has 0 spiro atoms. The van der Waals surface area contributed by atoms with Gasteiger partial charge in [-0.3, -0.25) is 0 Å². The van der Waals surface area contributed by atoms with Crippen molar-refractivity contribution in [2.24, 2.45) is 0 Å². The number of rotatable bonds is 5. The van der Waals surface area contributed by atoms with Crippen LogP contribution in [-0.2, 0) is 0 Å². The molecule has 0 aliphatic carbocycles. The van der Waals surface area contributed by atoms with Crippen molar-refractivity contribution in [2.75, 3.05) is 4.90 Å². The highest BCUT2D eigenvalue weighted by atomic mass is 16.3. The summed E-state index contributed by atoms with van der Waals surface area (Å²) in [5.41, 5.74) is 11.0. The van der Waals surface area contributed by atoms with Crippen molar-refractivity contribution >= 4 is 93.1 Å². The van der Waals surface area contributed by atoms with E-state index in [1.165, 1.54) is 54.5 Å². The average Bonchev–Trinajstić information content (AvgIpc) is 3.83. The molecule has 0 atom stereocenters. The van der Waals surface area contributed by atoms with Crippen LogP contribution in [0.25, 0.3) is 92.9 Å². The molecule has 10 aromatic carbocycles. The molecule has 0 N–H and O–H groups in total. The van der Waals surface area contributed by atoms with Gasteiger partial charge in [0.2, 0.25) is 0 Å². The first-order chi connectivity index (χ1) is 28.2. The lowest BCUT2D eigenvalue weighted by molar-refractivity contribution is 0.672. The second kappa shape index (κ2) is 12.5. The van der Waals surface area contributed by atoms with Gasteiger partial charge in [-0.15, -0.1) is 0 Å². The zero-order valence-electron chi connectivity index (χ0n) is 30.9. The van der Waals surface area contributed by atoms with Gasteiger partial charge in [-0.05, 0) is 117 Å². The Labute approximate surface area is 328 Å². The van der Waals surface area contributed by atoms with E-state index in [-0.39, 0.29) is 0 Å². The van der Waals surface area contributed by atoms with Crippen molar-refractivity contribution in [3.8, 4) is 16.8 Å². The zero-order valence-corrected chi connectivity index (χ0v) is 30.9. The molecule has 3 nitrogen and oxygen atoms in total. The molecule has 12 rings (SSSR count). The van der Waals surface area contributed by atoms with E-state index in [0.717, 1.165) is 55.5 Å². The van der Waals surface area contributed by atoms with E-state index in [0.29, 0.717) is 0 Å². The second-order valence-electron chi connectivity index (χ2n) is 14.9. The molecule has 0 radical (unpaired) electrons. The fraction of sp³-hybridized carbons (Fsp3) is 0.